The third-order valence-corrected chi connectivity index (χ3v) is 17.1. The van der Waals surface area contributed by atoms with Gasteiger partial charge in [0.1, 0.15) is 44.7 Å². The molecule has 4 aliphatic rings. The quantitative estimate of drug-likeness (QED) is 0.0901. The smallest absolute Gasteiger partial charge is 0.310 e. The Kier molecular flexibility index (Phi) is 16.7. The van der Waals surface area contributed by atoms with Crippen LogP contribution in [0.5, 0.6) is 11.5 Å². The van der Waals surface area contributed by atoms with E-state index >= 15 is 0 Å². The zero-order chi connectivity index (χ0) is 54.2. The molecule has 0 unspecified atom stereocenters. The highest BCUT2D eigenvalue weighted by Crippen LogP contribution is 2.48. The SMILES string of the molecule is CCn1cc(S(=O)(=O)N2C[C@H]([C@@H](CC(=O)O)C3CC3)Oc3ccc(CC(=O)OC(C)(C)C)cc32)c(Cl)n1.CCn1cc(S(=O)(=O)N2C[C@H]([C@@H](CC(=O)O)C3CC3)Oc3ccc(CC(=O)OC(C)(C)C)cc32)c(Cl)n1. The monoisotopic (exact) mass is 1110 g/mol. The first-order valence-corrected chi connectivity index (χ1v) is 28.2. The Hall–Kier alpha value is -5.58. The van der Waals surface area contributed by atoms with Gasteiger partial charge >= 0.3 is 23.9 Å². The van der Waals surface area contributed by atoms with Gasteiger partial charge in [-0.1, -0.05) is 35.3 Å². The summed E-state index contributed by atoms with van der Waals surface area (Å²) in [6, 6.07) is 9.78. The van der Waals surface area contributed by atoms with Gasteiger partial charge in [-0.25, -0.2) is 16.8 Å². The Labute approximate surface area is 441 Å². The van der Waals surface area contributed by atoms with Gasteiger partial charge < -0.3 is 29.2 Å². The molecule has 8 rings (SSSR count). The van der Waals surface area contributed by atoms with Crippen molar-refractivity contribution in [3.8, 4) is 11.5 Å². The molecular weight excluding hydrogens is 1040 g/mol. The van der Waals surface area contributed by atoms with Crippen LogP contribution in [0.3, 0.4) is 0 Å². The largest absolute Gasteiger partial charge is 0.486 e. The number of carbonyl (C=O) groups is 4. The normalized spacial score (nSPS) is 18.6. The van der Waals surface area contributed by atoms with Crippen LogP contribution in [0, 0.1) is 23.7 Å². The minimum Gasteiger partial charge on any atom is -0.486 e. The van der Waals surface area contributed by atoms with Crippen molar-refractivity contribution in [3.63, 3.8) is 0 Å². The van der Waals surface area contributed by atoms with E-state index in [1.54, 1.807) is 77.9 Å². The van der Waals surface area contributed by atoms with Crippen LogP contribution in [0.4, 0.5) is 11.4 Å². The number of aryl methyl sites for hydroxylation is 2. The van der Waals surface area contributed by atoms with Gasteiger partial charge in [0.25, 0.3) is 20.0 Å². The minimum absolute atomic E-state index is 0.0555. The highest BCUT2D eigenvalue weighted by Gasteiger charge is 2.47. The number of carbonyl (C=O) groups excluding carboxylic acids is 2. The summed E-state index contributed by atoms with van der Waals surface area (Å²) in [5.74, 6) is -2.60. The average Bonchev–Trinajstić information content (AvgIpc) is 4.24. The molecule has 2 aromatic carbocycles. The van der Waals surface area contributed by atoms with Crippen LogP contribution in [0.1, 0.15) is 105 Å². The maximum Gasteiger partial charge on any atom is 0.310 e. The first-order valence-electron chi connectivity index (χ1n) is 24.5. The second-order valence-electron chi connectivity index (χ2n) is 21.0. The zero-order valence-electron chi connectivity index (χ0n) is 42.6. The number of halogens is 2. The van der Waals surface area contributed by atoms with E-state index in [1.807, 2.05) is 13.8 Å². The number of hydrogen-bond donors (Lipinski definition) is 2. The summed E-state index contributed by atoms with van der Waals surface area (Å²) < 4.78 is 84.2. The Balaban J connectivity index is 0.000000216. The number of esters is 2. The zero-order valence-corrected chi connectivity index (χ0v) is 45.8. The van der Waals surface area contributed by atoms with Crippen molar-refractivity contribution in [1.82, 2.24) is 19.6 Å². The number of aliphatic carboxylic acids is 2. The fourth-order valence-electron chi connectivity index (χ4n) is 9.17. The molecule has 0 radical (unpaired) electrons. The first-order chi connectivity index (χ1) is 34.6. The summed E-state index contributed by atoms with van der Waals surface area (Å²) in [6.07, 6.45) is 4.58. The number of ether oxygens (including phenoxy) is 4. The van der Waals surface area contributed by atoms with E-state index in [-0.39, 0.29) is 93.9 Å². The number of fused-ring (bicyclic) bond motifs is 2. The third-order valence-electron chi connectivity index (χ3n) is 12.8. The highest BCUT2D eigenvalue weighted by molar-refractivity contribution is 7.93. The standard InChI is InChI=1S/2C25H32ClN3O7S/c2*1-5-28-14-21(24(26)27-28)37(33,34)29-13-20(17(12-22(30)31)16-7-8-16)35-19-9-6-15(10-18(19)29)11-23(32)36-25(2,3)4/h2*6,9-10,14,16-17,20H,5,7-8,11-13H2,1-4H3,(H,30,31)/t2*17-,20+/m00/s1. The van der Waals surface area contributed by atoms with Gasteiger partial charge in [0, 0.05) is 37.3 Å². The van der Waals surface area contributed by atoms with E-state index in [1.165, 1.54) is 30.4 Å². The molecule has 4 heterocycles. The van der Waals surface area contributed by atoms with Crippen LogP contribution >= 0.6 is 23.2 Å². The predicted molar refractivity (Wildman–Crippen MR) is 273 cm³/mol. The molecule has 74 heavy (non-hydrogen) atoms. The molecule has 0 spiro atoms. The van der Waals surface area contributed by atoms with Crippen molar-refractivity contribution in [3.05, 3.63) is 70.2 Å². The Bertz CT molecular complexity index is 2800. The number of sulfonamides is 2. The Morgan fingerprint density at radius 2 is 1.00 bits per heavy atom. The van der Waals surface area contributed by atoms with Gasteiger partial charge in [0.2, 0.25) is 0 Å². The van der Waals surface area contributed by atoms with Crippen LogP contribution in [-0.4, -0.2) is 107 Å². The summed E-state index contributed by atoms with van der Waals surface area (Å²) in [7, 11) is -8.39. The van der Waals surface area contributed by atoms with E-state index in [9.17, 15) is 46.2 Å². The van der Waals surface area contributed by atoms with Crippen molar-refractivity contribution in [2.24, 2.45) is 23.7 Å². The predicted octanol–water partition coefficient (Wildman–Crippen LogP) is 7.80. The van der Waals surface area contributed by atoms with Crippen molar-refractivity contribution < 1.29 is 65.2 Å². The van der Waals surface area contributed by atoms with Crippen molar-refractivity contribution in [2.45, 2.75) is 153 Å². The number of anilines is 2. The fourth-order valence-corrected chi connectivity index (χ4v) is 13.0. The molecular formula is C50H64Cl2N6O14S2. The maximum atomic E-state index is 13.9. The number of carboxylic acid groups (broad SMARTS) is 2. The Morgan fingerprint density at radius 3 is 1.28 bits per heavy atom. The van der Waals surface area contributed by atoms with Gasteiger partial charge in [-0.05, 0) is 128 Å². The number of carboxylic acids is 2. The summed E-state index contributed by atoms with van der Waals surface area (Å²) in [4.78, 5) is 47.8. The molecule has 2 N–H and O–H groups in total. The van der Waals surface area contributed by atoms with Gasteiger partial charge in [0.15, 0.2) is 10.3 Å². The lowest BCUT2D eigenvalue weighted by atomic mass is 9.92. The molecule has 0 bridgehead atoms. The highest BCUT2D eigenvalue weighted by atomic mass is 35.5. The number of aromatic nitrogens is 4. The summed E-state index contributed by atoms with van der Waals surface area (Å²) >= 11 is 12.5. The summed E-state index contributed by atoms with van der Waals surface area (Å²) in [6.45, 7) is 14.9. The molecule has 2 aliphatic carbocycles. The van der Waals surface area contributed by atoms with Crippen LogP contribution in [0.25, 0.3) is 0 Å². The molecule has 20 nitrogen and oxygen atoms in total. The number of hydrogen-bond acceptors (Lipinski definition) is 14. The van der Waals surface area contributed by atoms with Crippen molar-refractivity contribution in [2.75, 3.05) is 21.7 Å². The number of nitrogens with zero attached hydrogens (tertiary/aromatic N) is 6. The van der Waals surface area contributed by atoms with E-state index in [2.05, 4.69) is 10.2 Å². The van der Waals surface area contributed by atoms with Gasteiger partial charge in [-0.3, -0.25) is 37.2 Å². The number of rotatable bonds is 18. The molecule has 24 heteroatoms. The van der Waals surface area contributed by atoms with Gasteiger partial charge in [-0.2, -0.15) is 10.2 Å². The average molecular weight is 1110 g/mol. The van der Waals surface area contributed by atoms with Gasteiger partial charge in [0.05, 0.1) is 50.1 Å². The maximum absolute atomic E-state index is 13.9. The van der Waals surface area contributed by atoms with Crippen LogP contribution in [-0.2, 0) is 74.6 Å². The van der Waals surface area contributed by atoms with Crippen LogP contribution in [0.15, 0.2) is 58.6 Å². The molecule has 4 aromatic rings. The lowest BCUT2D eigenvalue weighted by Crippen LogP contribution is -2.47. The molecule has 2 aliphatic heterocycles. The van der Waals surface area contributed by atoms with Gasteiger partial charge in [-0.15, -0.1) is 0 Å². The third kappa shape index (κ3) is 13.6. The molecule has 0 saturated heterocycles. The van der Waals surface area contributed by atoms with Crippen molar-refractivity contribution >= 4 is 78.5 Å². The fraction of sp³-hybridized carbons (Fsp3) is 0.560. The lowest BCUT2D eigenvalue weighted by molar-refractivity contribution is -0.155. The first kappa shape index (κ1) is 56.2. The second kappa shape index (κ2) is 21.9. The summed E-state index contributed by atoms with van der Waals surface area (Å²) in [5, 5.41) is 26.8. The molecule has 4 atom stereocenters. The molecule has 2 saturated carbocycles. The molecule has 0 amide bonds. The Morgan fingerprint density at radius 1 is 0.649 bits per heavy atom. The second-order valence-corrected chi connectivity index (χ2v) is 25.4. The lowest BCUT2D eigenvalue weighted by Gasteiger charge is -2.38. The number of benzene rings is 2. The summed E-state index contributed by atoms with van der Waals surface area (Å²) in [5.41, 5.74) is 0.291. The van der Waals surface area contributed by atoms with E-state index < -0.39 is 67.3 Å². The molecule has 404 valence electrons. The van der Waals surface area contributed by atoms with Crippen LogP contribution < -0.4 is 18.1 Å². The van der Waals surface area contributed by atoms with Crippen LogP contribution in [0.2, 0.25) is 10.3 Å². The van der Waals surface area contributed by atoms with Crippen molar-refractivity contribution in [1.29, 1.82) is 0 Å². The van der Waals surface area contributed by atoms with E-state index in [4.69, 9.17) is 42.1 Å². The van der Waals surface area contributed by atoms with E-state index in [0.717, 1.165) is 25.7 Å². The topological polar surface area (TPSA) is 256 Å². The molecule has 2 fully saturated rings. The van der Waals surface area contributed by atoms with E-state index in [0.29, 0.717) is 35.7 Å². The molecule has 2 aromatic heterocycles. The minimum atomic E-state index is -4.20.